The summed E-state index contributed by atoms with van der Waals surface area (Å²) in [6, 6.07) is 8.00. The fourth-order valence-electron chi connectivity index (χ4n) is 3.09. The van der Waals surface area contributed by atoms with Gasteiger partial charge < -0.3 is 9.64 Å². The van der Waals surface area contributed by atoms with E-state index in [0.29, 0.717) is 31.4 Å². The smallest absolute Gasteiger partial charge is 0.323 e. The van der Waals surface area contributed by atoms with E-state index in [0.717, 1.165) is 11.3 Å². The SMILES string of the molecule is Cn1nc(C2CC2)cc1NC(=O)N1CCO[C@H](c2ccc(F)cc2)C1. The zero-order valence-corrected chi connectivity index (χ0v) is 14.1. The minimum atomic E-state index is -0.281. The number of aryl methyl sites for hydroxylation is 1. The van der Waals surface area contributed by atoms with Crippen molar-refractivity contribution in [3.8, 4) is 0 Å². The average Bonchev–Trinajstić information content (AvgIpc) is 3.40. The summed E-state index contributed by atoms with van der Waals surface area (Å²) in [4.78, 5) is 14.3. The van der Waals surface area contributed by atoms with Gasteiger partial charge in [0.05, 0.1) is 18.8 Å². The normalized spacial score (nSPS) is 20.6. The van der Waals surface area contributed by atoms with Gasteiger partial charge in [-0.3, -0.25) is 10.00 Å². The van der Waals surface area contributed by atoms with Crippen LogP contribution in [0.4, 0.5) is 15.0 Å². The number of benzene rings is 1. The molecule has 2 fully saturated rings. The molecular weight excluding hydrogens is 323 g/mol. The first-order chi connectivity index (χ1) is 12.1. The summed E-state index contributed by atoms with van der Waals surface area (Å²) in [5, 5.41) is 7.40. The average molecular weight is 344 g/mol. The molecule has 2 amide bonds. The molecule has 6 nitrogen and oxygen atoms in total. The Kier molecular flexibility index (Phi) is 4.17. The van der Waals surface area contributed by atoms with Crippen LogP contribution in [0.25, 0.3) is 0 Å². The van der Waals surface area contributed by atoms with Gasteiger partial charge in [-0.1, -0.05) is 12.1 Å². The number of morpholine rings is 1. The lowest BCUT2D eigenvalue weighted by Gasteiger charge is -2.33. The van der Waals surface area contributed by atoms with Crippen molar-refractivity contribution in [2.24, 2.45) is 7.05 Å². The zero-order chi connectivity index (χ0) is 17.4. The van der Waals surface area contributed by atoms with Crippen LogP contribution in [0.1, 0.15) is 36.1 Å². The molecule has 25 heavy (non-hydrogen) atoms. The summed E-state index contributed by atoms with van der Waals surface area (Å²) < 4.78 is 20.5. The van der Waals surface area contributed by atoms with E-state index < -0.39 is 0 Å². The standard InChI is InChI=1S/C18H21FN4O2/c1-22-17(10-15(21-22)12-2-3-12)20-18(24)23-8-9-25-16(11-23)13-4-6-14(19)7-5-13/h4-7,10,12,16H,2-3,8-9,11H2,1H3,(H,20,24)/t16-/m0/s1. The van der Waals surface area contributed by atoms with Crippen LogP contribution in [-0.4, -0.2) is 40.4 Å². The molecule has 1 aromatic heterocycles. The lowest BCUT2D eigenvalue weighted by molar-refractivity contribution is -0.0135. The third-order valence-electron chi connectivity index (χ3n) is 4.72. The quantitative estimate of drug-likeness (QED) is 0.931. The van der Waals surface area contributed by atoms with Gasteiger partial charge in [0.25, 0.3) is 0 Å². The summed E-state index contributed by atoms with van der Waals surface area (Å²) in [6.45, 7) is 1.41. The maximum Gasteiger partial charge on any atom is 0.323 e. The summed E-state index contributed by atoms with van der Waals surface area (Å²) in [5.74, 6) is 0.969. The fourth-order valence-corrected chi connectivity index (χ4v) is 3.09. The van der Waals surface area contributed by atoms with E-state index in [4.69, 9.17) is 4.74 Å². The molecule has 0 radical (unpaired) electrons. The van der Waals surface area contributed by atoms with Gasteiger partial charge in [0.1, 0.15) is 17.7 Å². The number of amides is 2. The largest absolute Gasteiger partial charge is 0.370 e. The second-order valence-corrected chi connectivity index (χ2v) is 6.64. The highest BCUT2D eigenvalue weighted by Crippen LogP contribution is 2.40. The molecule has 1 N–H and O–H groups in total. The molecule has 1 aromatic carbocycles. The van der Waals surface area contributed by atoms with Crippen LogP contribution in [0.5, 0.6) is 0 Å². The van der Waals surface area contributed by atoms with Crippen molar-refractivity contribution in [2.75, 3.05) is 25.0 Å². The second-order valence-electron chi connectivity index (χ2n) is 6.64. The Morgan fingerprint density at radius 2 is 2.08 bits per heavy atom. The van der Waals surface area contributed by atoms with Gasteiger partial charge in [0, 0.05) is 25.6 Å². The van der Waals surface area contributed by atoms with Crippen LogP contribution in [0.3, 0.4) is 0 Å². The number of hydrogen-bond acceptors (Lipinski definition) is 3. The van der Waals surface area contributed by atoms with E-state index in [1.807, 2.05) is 13.1 Å². The number of hydrogen-bond donors (Lipinski definition) is 1. The maximum absolute atomic E-state index is 13.1. The number of urea groups is 1. The zero-order valence-electron chi connectivity index (χ0n) is 14.1. The number of anilines is 1. The second kappa shape index (κ2) is 6.48. The van der Waals surface area contributed by atoms with Gasteiger partial charge in [0.2, 0.25) is 0 Å². The van der Waals surface area contributed by atoms with Crippen LogP contribution in [0, 0.1) is 5.82 Å². The number of carbonyl (C=O) groups is 1. The van der Waals surface area contributed by atoms with Gasteiger partial charge in [-0.05, 0) is 30.5 Å². The van der Waals surface area contributed by atoms with Crippen LogP contribution in [-0.2, 0) is 11.8 Å². The molecule has 1 aliphatic heterocycles. The minimum absolute atomic E-state index is 0.166. The molecule has 4 rings (SSSR count). The summed E-state index contributed by atoms with van der Waals surface area (Å²) in [6.07, 6.45) is 2.11. The minimum Gasteiger partial charge on any atom is -0.370 e. The number of nitrogens with zero attached hydrogens (tertiary/aromatic N) is 3. The molecule has 1 aliphatic carbocycles. The van der Waals surface area contributed by atoms with Gasteiger partial charge in [-0.15, -0.1) is 0 Å². The molecule has 132 valence electrons. The third kappa shape index (κ3) is 3.51. The highest BCUT2D eigenvalue weighted by Gasteiger charge is 2.29. The topological polar surface area (TPSA) is 59.4 Å². The van der Waals surface area contributed by atoms with Gasteiger partial charge in [-0.25, -0.2) is 9.18 Å². The first kappa shape index (κ1) is 16.1. The molecule has 7 heteroatoms. The number of rotatable bonds is 3. The van der Waals surface area contributed by atoms with Crippen molar-refractivity contribution in [3.05, 3.63) is 47.4 Å². The lowest BCUT2D eigenvalue weighted by Crippen LogP contribution is -2.44. The molecule has 2 aromatic rings. The van der Waals surface area contributed by atoms with Crippen LogP contribution >= 0.6 is 0 Å². The number of carbonyl (C=O) groups excluding carboxylic acids is 1. The molecule has 2 heterocycles. The van der Waals surface area contributed by atoms with E-state index in [9.17, 15) is 9.18 Å². The first-order valence-electron chi connectivity index (χ1n) is 8.57. The molecule has 0 unspecified atom stereocenters. The van der Waals surface area contributed by atoms with E-state index in [1.165, 1.54) is 25.0 Å². The first-order valence-corrected chi connectivity index (χ1v) is 8.57. The Morgan fingerprint density at radius 1 is 1.32 bits per heavy atom. The van der Waals surface area contributed by atoms with Gasteiger partial charge in [-0.2, -0.15) is 5.10 Å². The summed E-state index contributed by atoms with van der Waals surface area (Å²) >= 11 is 0. The van der Waals surface area contributed by atoms with Crippen LogP contribution in [0.15, 0.2) is 30.3 Å². The van der Waals surface area contributed by atoms with Crippen LogP contribution < -0.4 is 5.32 Å². The molecule has 0 bridgehead atoms. The fraction of sp³-hybridized carbons (Fsp3) is 0.444. The van der Waals surface area contributed by atoms with Crippen molar-refractivity contribution in [2.45, 2.75) is 24.9 Å². The predicted octanol–water partition coefficient (Wildman–Crippen LogP) is 3.04. The Labute approximate surface area is 145 Å². The number of ether oxygens (including phenoxy) is 1. The number of nitrogens with one attached hydrogen (secondary N) is 1. The Bertz CT molecular complexity index is 770. The van der Waals surface area contributed by atoms with E-state index >= 15 is 0 Å². The van der Waals surface area contributed by atoms with Gasteiger partial charge in [0.15, 0.2) is 0 Å². The number of aromatic nitrogens is 2. The van der Waals surface area contributed by atoms with Crippen molar-refractivity contribution >= 4 is 11.8 Å². The summed E-state index contributed by atoms with van der Waals surface area (Å²) in [5.41, 5.74) is 1.92. The van der Waals surface area contributed by atoms with Crippen molar-refractivity contribution < 1.29 is 13.9 Å². The van der Waals surface area contributed by atoms with E-state index in [2.05, 4.69) is 10.4 Å². The lowest BCUT2D eigenvalue weighted by atomic mass is 10.1. The predicted molar refractivity (Wildman–Crippen MR) is 90.9 cm³/mol. The maximum atomic E-state index is 13.1. The van der Waals surface area contributed by atoms with Crippen LogP contribution in [0.2, 0.25) is 0 Å². The highest BCUT2D eigenvalue weighted by atomic mass is 19.1. The summed E-state index contributed by atoms with van der Waals surface area (Å²) in [7, 11) is 1.84. The molecule has 1 saturated heterocycles. The van der Waals surface area contributed by atoms with Crippen molar-refractivity contribution in [1.82, 2.24) is 14.7 Å². The van der Waals surface area contributed by atoms with E-state index in [1.54, 1.807) is 21.7 Å². The highest BCUT2D eigenvalue weighted by molar-refractivity contribution is 5.88. The van der Waals surface area contributed by atoms with Crippen molar-refractivity contribution in [3.63, 3.8) is 0 Å². The van der Waals surface area contributed by atoms with E-state index in [-0.39, 0.29) is 18.0 Å². The Morgan fingerprint density at radius 3 is 2.80 bits per heavy atom. The third-order valence-corrected chi connectivity index (χ3v) is 4.72. The van der Waals surface area contributed by atoms with Gasteiger partial charge >= 0.3 is 6.03 Å². The number of halogens is 1. The molecule has 0 spiro atoms. The molecular formula is C18H21FN4O2. The Hall–Kier alpha value is -2.41. The monoisotopic (exact) mass is 344 g/mol. The molecule has 1 saturated carbocycles. The molecule has 2 aliphatic rings. The molecule has 1 atom stereocenters. The Balaban J connectivity index is 1.42. The van der Waals surface area contributed by atoms with Crippen molar-refractivity contribution in [1.29, 1.82) is 0 Å².